The van der Waals surface area contributed by atoms with E-state index in [1.165, 1.54) is 0 Å². The van der Waals surface area contributed by atoms with E-state index in [1.807, 2.05) is 11.0 Å². The molecule has 1 aromatic heterocycles. The number of rotatable bonds is 1. The molecular weight excluding hydrogens is 264 g/mol. The maximum Gasteiger partial charge on any atom is 0.254 e. The van der Waals surface area contributed by atoms with E-state index in [9.17, 15) is 4.79 Å². The second-order valence-corrected chi connectivity index (χ2v) is 6.86. The number of hydrogen-bond donors (Lipinski definition) is 1. The highest BCUT2D eigenvalue weighted by atomic mass is 16.2. The molecule has 0 aliphatic carbocycles. The first kappa shape index (κ1) is 15.8. The Bertz CT molecular complexity index is 521. The highest BCUT2D eigenvalue weighted by Crippen LogP contribution is 2.23. The summed E-state index contributed by atoms with van der Waals surface area (Å²) in [4.78, 5) is 21.3. The third-order valence-corrected chi connectivity index (χ3v) is 3.87. The summed E-state index contributed by atoms with van der Waals surface area (Å²) in [5.41, 5.74) is 7.27. The fourth-order valence-electron chi connectivity index (χ4n) is 2.49. The van der Waals surface area contributed by atoms with Crippen LogP contribution in [0.15, 0.2) is 12.1 Å². The van der Waals surface area contributed by atoms with Crippen LogP contribution in [0.2, 0.25) is 0 Å². The number of likely N-dealkylation sites (N-methyl/N-ethyl adjacent to an activating group) is 1. The largest absolute Gasteiger partial charge is 0.384 e. The van der Waals surface area contributed by atoms with Gasteiger partial charge in [-0.25, -0.2) is 4.98 Å². The minimum Gasteiger partial charge on any atom is -0.384 e. The van der Waals surface area contributed by atoms with Crippen LogP contribution in [0.4, 0.5) is 5.82 Å². The van der Waals surface area contributed by atoms with E-state index >= 15 is 0 Å². The number of nitrogens with zero attached hydrogens (tertiary/aromatic N) is 3. The van der Waals surface area contributed by atoms with E-state index < -0.39 is 0 Å². The summed E-state index contributed by atoms with van der Waals surface area (Å²) in [6.45, 7) is 9.74. The van der Waals surface area contributed by atoms with Crippen LogP contribution in [0.25, 0.3) is 0 Å². The second-order valence-electron chi connectivity index (χ2n) is 6.86. The zero-order valence-corrected chi connectivity index (χ0v) is 13.5. The number of carbonyl (C=O) groups is 1. The number of amides is 1. The van der Waals surface area contributed by atoms with Gasteiger partial charge in [0, 0.05) is 36.3 Å². The monoisotopic (exact) mass is 290 g/mol. The number of anilines is 1. The van der Waals surface area contributed by atoms with E-state index in [1.54, 1.807) is 6.07 Å². The molecule has 5 heteroatoms. The molecule has 5 nitrogen and oxygen atoms in total. The number of hydrogen-bond acceptors (Lipinski definition) is 4. The molecule has 2 heterocycles. The number of nitrogens with two attached hydrogens (primary N) is 1. The number of aromatic nitrogens is 1. The quantitative estimate of drug-likeness (QED) is 0.856. The lowest BCUT2D eigenvalue weighted by Gasteiger charge is -2.23. The van der Waals surface area contributed by atoms with E-state index in [-0.39, 0.29) is 11.3 Å². The molecule has 21 heavy (non-hydrogen) atoms. The van der Waals surface area contributed by atoms with Crippen molar-refractivity contribution < 1.29 is 4.79 Å². The van der Waals surface area contributed by atoms with Crippen LogP contribution in [0, 0.1) is 0 Å². The summed E-state index contributed by atoms with van der Waals surface area (Å²) in [6, 6.07) is 3.57. The van der Waals surface area contributed by atoms with Crippen molar-refractivity contribution in [3.8, 4) is 0 Å². The van der Waals surface area contributed by atoms with Crippen molar-refractivity contribution in [2.24, 2.45) is 0 Å². The molecule has 2 N–H and O–H groups in total. The van der Waals surface area contributed by atoms with Crippen molar-refractivity contribution in [1.82, 2.24) is 14.8 Å². The molecule has 0 radical (unpaired) electrons. The van der Waals surface area contributed by atoms with Gasteiger partial charge in [0.15, 0.2) is 0 Å². The van der Waals surface area contributed by atoms with Crippen molar-refractivity contribution >= 4 is 11.7 Å². The zero-order chi connectivity index (χ0) is 15.6. The average Bonchev–Trinajstić information content (AvgIpc) is 2.61. The minimum atomic E-state index is -0.122. The first-order valence-electron chi connectivity index (χ1n) is 7.53. The van der Waals surface area contributed by atoms with Gasteiger partial charge >= 0.3 is 0 Å². The fourth-order valence-corrected chi connectivity index (χ4v) is 2.49. The summed E-state index contributed by atoms with van der Waals surface area (Å²) in [5.74, 6) is 0.475. The molecule has 1 aliphatic heterocycles. The smallest absolute Gasteiger partial charge is 0.254 e. The Hall–Kier alpha value is -1.62. The van der Waals surface area contributed by atoms with E-state index in [4.69, 9.17) is 5.73 Å². The molecule has 0 saturated carbocycles. The third kappa shape index (κ3) is 3.94. The van der Waals surface area contributed by atoms with Crippen LogP contribution >= 0.6 is 0 Å². The first-order valence-corrected chi connectivity index (χ1v) is 7.53. The van der Waals surface area contributed by atoms with Gasteiger partial charge in [0.25, 0.3) is 5.91 Å². The highest BCUT2D eigenvalue weighted by molar-refractivity contribution is 5.95. The normalized spacial score (nSPS) is 17.6. The van der Waals surface area contributed by atoms with Crippen molar-refractivity contribution in [2.45, 2.75) is 32.6 Å². The molecule has 0 bridgehead atoms. The average molecular weight is 290 g/mol. The fraction of sp³-hybridized carbons (Fsp3) is 0.625. The maximum absolute atomic E-state index is 12.7. The maximum atomic E-state index is 12.7. The Morgan fingerprint density at radius 3 is 2.57 bits per heavy atom. The molecule has 0 unspecified atom stereocenters. The van der Waals surface area contributed by atoms with Gasteiger partial charge in [-0.1, -0.05) is 20.8 Å². The van der Waals surface area contributed by atoms with Gasteiger partial charge in [0.1, 0.15) is 5.82 Å². The van der Waals surface area contributed by atoms with E-state index in [0.29, 0.717) is 11.4 Å². The van der Waals surface area contributed by atoms with Crippen LogP contribution in [-0.2, 0) is 5.41 Å². The van der Waals surface area contributed by atoms with Gasteiger partial charge in [-0.2, -0.15) is 0 Å². The number of carbonyl (C=O) groups excluding carboxylic acids is 1. The van der Waals surface area contributed by atoms with E-state index in [2.05, 4.69) is 37.7 Å². The molecule has 1 aromatic rings. The lowest BCUT2D eigenvalue weighted by atomic mass is 9.90. The van der Waals surface area contributed by atoms with Gasteiger partial charge in [-0.05, 0) is 32.1 Å². The molecule has 1 amide bonds. The third-order valence-electron chi connectivity index (χ3n) is 3.87. The zero-order valence-electron chi connectivity index (χ0n) is 13.5. The molecule has 0 aromatic carbocycles. The summed E-state index contributed by atoms with van der Waals surface area (Å²) in [5, 5.41) is 0. The molecular formula is C16H26N4O. The Labute approximate surface area is 127 Å². The van der Waals surface area contributed by atoms with Crippen molar-refractivity contribution in [3.63, 3.8) is 0 Å². The SMILES string of the molecule is CN1CCCN(C(=O)c2cc(N)nc(C(C)(C)C)c2)CC1. The molecule has 1 fully saturated rings. The predicted molar refractivity (Wildman–Crippen MR) is 85.4 cm³/mol. The highest BCUT2D eigenvalue weighted by Gasteiger charge is 2.22. The summed E-state index contributed by atoms with van der Waals surface area (Å²) in [6.07, 6.45) is 1.01. The molecule has 1 saturated heterocycles. The van der Waals surface area contributed by atoms with Gasteiger partial charge < -0.3 is 15.5 Å². The molecule has 1 aliphatic rings. The van der Waals surface area contributed by atoms with Gasteiger partial charge in [-0.3, -0.25) is 4.79 Å². The van der Waals surface area contributed by atoms with Crippen LogP contribution in [0.1, 0.15) is 43.2 Å². The molecule has 2 rings (SSSR count). The standard InChI is InChI=1S/C16H26N4O/c1-16(2,3)13-10-12(11-14(17)18-13)15(21)20-7-5-6-19(4)8-9-20/h10-11H,5-9H2,1-4H3,(H2,17,18). The second kappa shape index (κ2) is 6.02. The lowest BCUT2D eigenvalue weighted by molar-refractivity contribution is 0.0762. The van der Waals surface area contributed by atoms with Crippen LogP contribution in [0.3, 0.4) is 0 Å². The molecule has 0 atom stereocenters. The number of pyridine rings is 1. The minimum absolute atomic E-state index is 0.0601. The van der Waals surface area contributed by atoms with Gasteiger partial charge in [0.05, 0.1) is 0 Å². The lowest BCUT2D eigenvalue weighted by Crippen LogP contribution is -2.34. The van der Waals surface area contributed by atoms with Crippen LogP contribution in [-0.4, -0.2) is 53.9 Å². The Morgan fingerprint density at radius 2 is 1.90 bits per heavy atom. The number of nitrogen functional groups attached to an aromatic ring is 1. The van der Waals surface area contributed by atoms with Crippen molar-refractivity contribution in [3.05, 3.63) is 23.4 Å². The van der Waals surface area contributed by atoms with Crippen LogP contribution < -0.4 is 5.73 Å². The molecule has 0 spiro atoms. The Morgan fingerprint density at radius 1 is 1.19 bits per heavy atom. The van der Waals surface area contributed by atoms with Crippen molar-refractivity contribution in [1.29, 1.82) is 0 Å². The van der Waals surface area contributed by atoms with Gasteiger partial charge in [0.2, 0.25) is 0 Å². The molecule has 116 valence electrons. The van der Waals surface area contributed by atoms with Crippen LogP contribution in [0.5, 0.6) is 0 Å². The van der Waals surface area contributed by atoms with Gasteiger partial charge in [-0.15, -0.1) is 0 Å². The topological polar surface area (TPSA) is 62.5 Å². The van der Waals surface area contributed by atoms with E-state index in [0.717, 1.165) is 38.3 Å². The first-order chi connectivity index (χ1) is 9.77. The van der Waals surface area contributed by atoms with Crippen molar-refractivity contribution in [2.75, 3.05) is 39.0 Å². The predicted octanol–water partition coefficient (Wildman–Crippen LogP) is 1.74. The summed E-state index contributed by atoms with van der Waals surface area (Å²) < 4.78 is 0. The Kier molecular flexibility index (Phi) is 4.52. The Balaban J connectivity index is 2.24. The summed E-state index contributed by atoms with van der Waals surface area (Å²) in [7, 11) is 2.09. The summed E-state index contributed by atoms with van der Waals surface area (Å²) >= 11 is 0.